The average Bonchev–Trinajstić information content (AvgIpc) is 3.53. The lowest BCUT2D eigenvalue weighted by Crippen LogP contribution is -2.02. The Morgan fingerprint density at radius 2 is 0.744 bits per heavy atom. The number of fused-ring (bicyclic) bond motifs is 2. The van der Waals surface area contributed by atoms with Gasteiger partial charge in [0, 0.05) is 10.8 Å². The van der Waals surface area contributed by atoms with Gasteiger partial charge in [-0.3, -0.25) is 0 Å². The van der Waals surface area contributed by atoms with E-state index in [1.54, 1.807) is 0 Å². The van der Waals surface area contributed by atoms with Crippen LogP contribution in [0.4, 0.5) is 0 Å². The molecule has 0 spiro atoms. The fraction of sp³-hybridized carbons (Fsp3) is 0. The highest BCUT2D eigenvalue weighted by molar-refractivity contribution is 6.10. The van der Waals surface area contributed by atoms with Gasteiger partial charge in [0.15, 0.2) is 0 Å². The van der Waals surface area contributed by atoms with Gasteiger partial charge in [-0.25, -0.2) is 0 Å². The van der Waals surface area contributed by atoms with Crippen LogP contribution >= 0.6 is 0 Å². The van der Waals surface area contributed by atoms with Gasteiger partial charge < -0.3 is 4.57 Å². The van der Waals surface area contributed by atoms with Crippen molar-refractivity contribution in [3.05, 3.63) is 176 Å². The van der Waals surface area contributed by atoms with E-state index < -0.39 is 0 Å². The Hall–Kier alpha value is -5.66. The Morgan fingerprint density at radius 1 is 0.279 bits per heavy atom. The largest absolute Gasteiger partial charge is 0.308 e. The summed E-state index contributed by atoms with van der Waals surface area (Å²) in [5.74, 6) is 0. The average molecular weight is 548 g/mol. The molecule has 8 rings (SSSR count). The molecule has 0 aliphatic rings. The topological polar surface area (TPSA) is 4.93 Å². The van der Waals surface area contributed by atoms with Crippen LogP contribution in [0.25, 0.3) is 72.0 Å². The van der Waals surface area contributed by atoms with E-state index in [2.05, 4.69) is 180 Å². The number of nitrogens with zero attached hydrogens (tertiary/aromatic N) is 1. The minimum Gasteiger partial charge on any atom is -0.308 e. The van der Waals surface area contributed by atoms with Gasteiger partial charge in [-0.2, -0.15) is 0 Å². The summed E-state index contributed by atoms with van der Waals surface area (Å²) in [7, 11) is 0. The monoisotopic (exact) mass is 547 g/mol. The van der Waals surface area contributed by atoms with Crippen LogP contribution in [0.1, 0.15) is 0 Å². The van der Waals surface area contributed by atoms with Gasteiger partial charge in [0.1, 0.15) is 0 Å². The quantitative estimate of drug-likeness (QED) is 0.189. The second-order valence-corrected chi connectivity index (χ2v) is 11.0. The summed E-state index contributed by atoms with van der Waals surface area (Å²) in [5, 5.41) is 4.90. The van der Waals surface area contributed by atoms with Crippen LogP contribution in [-0.4, -0.2) is 4.57 Å². The van der Waals surface area contributed by atoms with Crippen LogP contribution in [0.3, 0.4) is 0 Å². The van der Waals surface area contributed by atoms with Gasteiger partial charge in [-0.15, -0.1) is 0 Å². The van der Waals surface area contributed by atoms with Crippen LogP contribution in [0, 0.1) is 0 Å². The maximum absolute atomic E-state index is 2.48. The van der Waals surface area contributed by atoms with E-state index in [0.29, 0.717) is 0 Å². The highest BCUT2D eigenvalue weighted by atomic mass is 15.0. The van der Waals surface area contributed by atoms with Gasteiger partial charge in [-0.1, -0.05) is 146 Å². The lowest BCUT2D eigenvalue weighted by atomic mass is 9.94. The van der Waals surface area contributed by atoms with Gasteiger partial charge in [0.25, 0.3) is 0 Å². The van der Waals surface area contributed by atoms with E-state index >= 15 is 0 Å². The molecule has 8 aromatic rings. The molecule has 0 saturated heterocycles. The molecule has 1 aromatic heterocycles. The second kappa shape index (κ2) is 10.6. The van der Waals surface area contributed by atoms with E-state index in [4.69, 9.17) is 0 Å². The van der Waals surface area contributed by atoms with Crippen molar-refractivity contribution in [3.8, 4) is 50.5 Å². The Labute approximate surface area is 251 Å². The van der Waals surface area contributed by atoms with Gasteiger partial charge in [0.2, 0.25) is 0 Å². The van der Waals surface area contributed by atoms with E-state index in [1.807, 2.05) is 0 Å². The third kappa shape index (κ3) is 4.52. The minimum atomic E-state index is 1.17. The SMILES string of the molecule is c1ccc(-c2ccc3c(-n4c(-c5ccccc5)ccc4-c4ccccc4)c4cc(-c5ccccc5)ccc4cc3c2)cc1. The predicted molar refractivity (Wildman–Crippen MR) is 183 cm³/mol. The third-order valence-corrected chi connectivity index (χ3v) is 8.38. The third-order valence-electron chi connectivity index (χ3n) is 8.38. The molecule has 1 nitrogen and oxygen atoms in total. The Kier molecular flexibility index (Phi) is 6.20. The molecular weight excluding hydrogens is 518 g/mol. The lowest BCUT2D eigenvalue weighted by molar-refractivity contribution is 1.12. The molecular formula is C42H29N. The molecule has 202 valence electrons. The molecule has 1 heterocycles. The molecule has 1 heteroatoms. The molecule has 43 heavy (non-hydrogen) atoms. The molecule has 0 amide bonds. The zero-order valence-electron chi connectivity index (χ0n) is 23.7. The molecule has 0 fully saturated rings. The number of benzene rings is 7. The summed E-state index contributed by atoms with van der Waals surface area (Å²) in [4.78, 5) is 0. The Bertz CT molecular complexity index is 2140. The maximum atomic E-state index is 2.48. The van der Waals surface area contributed by atoms with Crippen molar-refractivity contribution in [3.63, 3.8) is 0 Å². The standard InChI is InChI=1S/C42H29N/c1-5-13-30(14-6-1)34-23-24-38-37(27-34)28-36-22-21-35(31-15-7-2-8-16-31)29-39(36)42(38)43-40(32-17-9-3-10-18-32)25-26-41(43)33-19-11-4-12-20-33/h1-29H. The molecule has 0 aliphatic carbocycles. The van der Waals surface area contributed by atoms with Crippen molar-refractivity contribution in [1.82, 2.24) is 4.57 Å². The Balaban J connectivity index is 1.49. The molecule has 0 aliphatic heterocycles. The Morgan fingerprint density at radius 3 is 1.28 bits per heavy atom. The predicted octanol–water partition coefficient (Wildman–Crippen LogP) is 11.5. The smallest absolute Gasteiger partial charge is 0.0619 e. The van der Waals surface area contributed by atoms with Crippen LogP contribution in [-0.2, 0) is 0 Å². The van der Waals surface area contributed by atoms with Gasteiger partial charge in [0.05, 0.1) is 17.1 Å². The van der Waals surface area contributed by atoms with E-state index in [0.717, 1.165) is 0 Å². The highest BCUT2D eigenvalue weighted by Gasteiger charge is 2.19. The second-order valence-electron chi connectivity index (χ2n) is 11.0. The molecule has 0 saturated carbocycles. The van der Waals surface area contributed by atoms with E-state index in [1.165, 1.54) is 72.0 Å². The minimum absolute atomic E-state index is 1.17. The van der Waals surface area contributed by atoms with Crippen molar-refractivity contribution >= 4 is 21.5 Å². The number of rotatable bonds is 5. The van der Waals surface area contributed by atoms with Crippen LogP contribution in [0.2, 0.25) is 0 Å². The number of hydrogen-bond donors (Lipinski definition) is 0. The van der Waals surface area contributed by atoms with Crippen LogP contribution in [0.15, 0.2) is 176 Å². The molecule has 7 aromatic carbocycles. The number of aromatic nitrogens is 1. The van der Waals surface area contributed by atoms with Gasteiger partial charge >= 0.3 is 0 Å². The first-order valence-corrected chi connectivity index (χ1v) is 14.8. The van der Waals surface area contributed by atoms with Crippen LogP contribution < -0.4 is 0 Å². The normalized spacial score (nSPS) is 11.3. The van der Waals surface area contributed by atoms with Crippen molar-refractivity contribution in [2.75, 3.05) is 0 Å². The molecule has 0 unspecified atom stereocenters. The van der Waals surface area contributed by atoms with E-state index in [9.17, 15) is 0 Å². The first-order chi connectivity index (χ1) is 21.3. The van der Waals surface area contributed by atoms with Crippen LogP contribution in [0.5, 0.6) is 0 Å². The first-order valence-electron chi connectivity index (χ1n) is 14.8. The van der Waals surface area contributed by atoms with E-state index in [-0.39, 0.29) is 0 Å². The zero-order chi connectivity index (χ0) is 28.6. The molecule has 0 N–H and O–H groups in total. The molecule has 0 radical (unpaired) electrons. The fourth-order valence-corrected chi connectivity index (χ4v) is 6.30. The van der Waals surface area contributed by atoms with Crippen molar-refractivity contribution in [2.45, 2.75) is 0 Å². The summed E-state index contributed by atoms with van der Waals surface area (Å²) < 4.78 is 2.48. The molecule has 0 bridgehead atoms. The first kappa shape index (κ1) is 25.1. The zero-order valence-corrected chi connectivity index (χ0v) is 23.7. The summed E-state index contributed by atoms with van der Waals surface area (Å²) in [6.07, 6.45) is 0. The number of hydrogen-bond acceptors (Lipinski definition) is 0. The summed E-state index contributed by atoms with van der Waals surface area (Å²) in [5.41, 5.74) is 10.8. The summed E-state index contributed by atoms with van der Waals surface area (Å²) in [6.45, 7) is 0. The summed E-state index contributed by atoms with van der Waals surface area (Å²) >= 11 is 0. The van der Waals surface area contributed by atoms with Crippen molar-refractivity contribution < 1.29 is 0 Å². The molecule has 0 atom stereocenters. The van der Waals surface area contributed by atoms with Crippen molar-refractivity contribution in [1.29, 1.82) is 0 Å². The van der Waals surface area contributed by atoms with Gasteiger partial charge in [-0.05, 0) is 74.5 Å². The highest BCUT2D eigenvalue weighted by Crippen LogP contribution is 2.41. The fourth-order valence-electron chi connectivity index (χ4n) is 6.30. The lowest BCUT2D eigenvalue weighted by Gasteiger charge is -2.20. The summed E-state index contributed by atoms with van der Waals surface area (Å²) in [6, 6.07) is 63.5. The van der Waals surface area contributed by atoms with Crippen molar-refractivity contribution in [2.24, 2.45) is 0 Å². The maximum Gasteiger partial charge on any atom is 0.0619 e.